The first-order valence-corrected chi connectivity index (χ1v) is 9.29. The molecule has 3 rings (SSSR count). The largest absolute Gasteiger partial charge is 0.504 e. The van der Waals surface area contributed by atoms with Crippen LogP contribution in [0.1, 0.15) is 65.4 Å². The normalized spacial score (nSPS) is 38.5. The Morgan fingerprint density at radius 1 is 1.00 bits per heavy atom. The molecule has 0 heterocycles. The Kier molecular flexibility index (Phi) is 4.15. The van der Waals surface area contributed by atoms with Crippen LogP contribution in [0.25, 0.3) is 0 Å². The molecule has 2 fully saturated rings. The maximum absolute atomic E-state index is 11.2. The Morgan fingerprint density at radius 3 is 2.38 bits per heavy atom. The minimum absolute atomic E-state index is 0.0753. The van der Waals surface area contributed by atoms with Gasteiger partial charge in [-0.1, -0.05) is 33.3 Å². The van der Waals surface area contributed by atoms with E-state index < -0.39 is 5.60 Å². The van der Waals surface area contributed by atoms with Crippen molar-refractivity contribution >= 4 is 0 Å². The van der Waals surface area contributed by atoms with E-state index in [0.29, 0.717) is 11.3 Å². The number of aromatic hydroxyl groups is 2. The van der Waals surface area contributed by atoms with Gasteiger partial charge >= 0.3 is 0 Å². The minimum Gasteiger partial charge on any atom is -0.504 e. The van der Waals surface area contributed by atoms with Crippen molar-refractivity contribution in [3.8, 4) is 11.5 Å². The van der Waals surface area contributed by atoms with E-state index in [1.165, 1.54) is 12.8 Å². The molecule has 3 heteroatoms. The molecule has 1 aromatic carbocycles. The average Bonchev–Trinajstić information content (AvgIpc) is 2.45. The van der Waals surface area contributed by atoms with Gasteiger partial charge in [-0.25, -0.2) is 0 Å². The van der Waals surface area contributed by atoms with Crippen LogP contribution in [0, 0.1) is 22.7 Å². The molecule has 2 saturated carbocycles. The third kappa shape index (κ3) is 2.81. The number of phenolic OH excluding ortho intramolecular Hbond substituents is 2. The molecule has 134 valence electrons. The summed E-state index contributed by atoms with van der Waals surface area (Å²) in [4.78, 5) is 0. The zero-order chi connectivity index (χ0) is 17.8. The van der Waals surface area contributed by atoms with Crippen LogP contribution in [0.5, 0.6) is 11.5 Å². The van der Waals surface area contributed by atoms with Gasteiger partial charge in [0.25, 0.3) is 0 Å². The number of benzene rings is 1. The fraction of sp³-hybridized carbons (Fsp3) is 0.714. The van der Waals surface area contributed by atoms with Crippen molar-refractivity contribution in [2.24, 2.45) is 22.7 Å². The third-order valence-electron chi connectivity index (χ3n) is 7.24. The van der Waals surface area contributed by atoms with Gasteiger partial charge < -0.3 is 15.3 Å². The molecule has 0 bridgehead atoms. The summed E-state index contributed by atoms with van der Waals surface area (Å²) in [7, 11) is 0. The second-order valence-corrected chi connectivity index (χ2v) is 9.38. The summed E-state index contributed by atoms with van der Waals surface area (Å²) in [5.41, 5.74) is 0.725. The second-order valence-electron chi connectivity index (χ2n) is 9.38. The molecule has 3 nitrogen and oxygen atoms in total. The van der Waals surface area contributed by atoms with E-state index in [0.717, 1.165) is 31.2 Å². The topological polar surface area (TPSA) is 60.7 Å². The molecular weight excluding hydrogens is 300 g/mol. The molecule has 1 aromatic rings. The maximum atomic E-state index is 11.2. The van der Waals surface area contributed by atoms with Gasteiger partial charge in [0.15, 0.2) is 11.5 Å². The lowest BCUT2D eigenvalue weighted by molar-refractivity contribution is -0.166. The van der Waals surface area contributed by atoms with Crippen molar-refractivity contribution in [2.75, 3.05) is 0 Å². The lowest BCUT2D eigenvalue weighted by Gasteiger charge is -2.61. The zero-order valence-electron chi connectivity index (χ0n) is 15.5. The van der Waals surface area contributed by atoms with E-state index in [2.05, 4.69) is 20.8 Å². The van der Waals surface area contributed by atoms with E-state index in [4.69, 9.17) is 0 Å². The van der Waals surface area contributed by atoms with Crippen LogP contribution in [0.2, 0.25) is 0 Å². The second kappa shape index (κ2) is 5.66. The SMILES string of the molecule is CC1(C)CCC[C@]2(C)[C@@H](Cc3ccc(O)c(O)c3)[C@](C)(O)CC[C@@H]12. The van der Waals surface area contributed by atoms with E-state index >= 15 is 0 Å². The quantitative estimate of drug-likeness (QED) is 0.692. The highest BCUT2D eigenvalue weighted by molar-refractivity contribution is 5.40. The van der Waals surface area contributed by atoms with Crippen LogP contribution in [0.4, 0.5) is 0 Å². The molecule has 24 heavy (non-hydrogen) atoms. The third-order valence-corrected chi connectivity index (χ3v) is 7.24. The number of rotatable bonds is 2. The van der Waals surface area contributed by atoms with Crippen molar-refractivity contribution in [2.45, 2.75) is 71.8 Å². The highest BCUT2D eigenvalue weighted by Gasteiger charge is 2.57. The number of aliphatic hydroxyl groups is 1. The molecular formula is C21H32O3. The van der Waals surface area contributed by atoms with Crippen molar-refractivity contribution in [3.05, 3.63) is 23.8 Å². The summed E-state index contributed by atoms with van der Waals surface area (Å²) in [6, 6.07) is 5.06. The predicted molar refractivity (Wildman–Crippen MR) is 96.1 cm³/mol. The molecule has 0 unspecified atom stereocenters. The van der Waals surface area contributed by atoms with Gasteiger partial charge in [-0.05, 0) is 79.4 Å². The van der Waals surface area contributed by atoms with Crippen LogP contribution < -0.4 is 0 Å². The zero-order valence-corrected chi connectivity index (χ0v) is 15.5. The summed E-state index contributed by atoms with van der Waals surface area (Å²) in [5, 5.41) is 30.6. The molecule has 4 atom stereocenters. The lowest BCUT2D eigenvalue weighted by Crippen LogP contribution is -2.58. The Bertz CT molecular complexity index is 620. The fourth-order valence-electron chi connectivity index (χ4n) is 6.01. The smallest absolute Gasteiger partial charge is 0.157 e. The van der Waals surface area contributed by atoms with Gasteiger partial charge in [0, 0.05) is 0 Å². The van der Waals surface area contributed by atoms with Crippen molar-refractivity contribution < 1.29 is 15.3 Å². The maximum Gasteiger partial charge on any atom is 0.157 e. The molecule has 0 aromatic heterocycles. The molecule has 2 aliphatic rings. The highest BCUT2D eigenvalue weighted by atomic mass is 16.3. The van der Waals surface area contributed by atoms with Crippen LogP contribution >= 0.6 is 0 Å². The molecule has 0 aliphatic heterocycles. The van der Waals surface area contributed by atoms with Gasteiger partial charge in [-0.2, -0.15) is 0 Å². The fourth-order valence-corrected chi connectivity index (χ4v) is 6.01. The Labute approximate surface area is 145 Å². The summed E-state index contributed by atoms with van der Waals surface area (Å²) >= 11 is 0. The number of hydrogen-bond acceptors (Lipinski definition) is 3. The molecule has 0 amide bonds. The lowest BCUT2D eigenvalue weighted by atomic mass is 9.45. The molecule has 0 spiro atoms. The van der Waals surface area contributed by atoms with Gasteiger partial charge in [0.05, 0.1) is 5.60 Å². The first-order valence-electron chi connectivity index (χ1n) is 9.29. The summed E-state index contributed by atoms with van der Waals surface area (Å²) in [6.45, 7) is 9.13. The van der Waals surface area contributed by atoms with E-state index in [1.807, 2.05) is 13.0 Å². The van der Waals surface area contributed by atoms with Crippen molar-refractivity contribution in [3.63, 3.8) is 0 Å². The monoisotopic (exact) mass is 332 g/mol. The van der Waals surface area contributed by atoms with E-state index in [1.54, 1.807) is 12.1 Å². The predicted octanol–water partition coefficient (Wildman–Crippen LogP) is 4.63. The first-order chi connectivity index (χ1) is 11.1. The van der Waals surface area contributed by atoms with Gasteiger partial charge in [0.2, 0.25) is 0 Å². The van der Waals surface area contributed by atoms with E-state index in [-0.39, 0.29) is 22.8 Å². The van der Waals surface area contributed by atoms with Gasteiger partial charge in [-0.15, -0.1) is 0 Å². The average molecular weight is 332 g/mol. The highest BCUT2D eigenvalue weighted by Crippen LogP contribution is 2.62. The summed E-state index contributed by atoms with van der Waals surface area (Å²) < 4.78 is 0. The number of phenols is 2. The van der Waals surface area contributed by atoms with Crippen LogP contribution in [0.3, 0.4) is 0 Å². The van der Waals surface area contributed by atoms with Crippen LogP contribution in [0.15, 0.2) is 18.2 Å². The van der Waals surface area contributed by atoms with Crippen LogP contribution in [-0.2, 0) is 6.42 Å². The van der Waals surface area contributed by atoms with Gasteiger partial charge in [0.1, 0.15) is 0 Å². The van der Waals surface area contributed by atoms with Crippen LogP contribution in [-0.4, -0.2) is 20.9 Å². The first kappa shape index (κ1) is 17.6. The van der Waals surface area contributed by atoms with E-state index in [9.17, 15) is 15.3 Å². The number of hydrogen-bond donors (Lipinski definition) is 3. The molecule has 3 N–H and O–H groups in total. The molecule has 0 radical (unpaired) electrons. The molecule has 0 saturated heterocycles. The summed E-state index contributed by atoms with van der Waals surface area (Å²) in [5.74, 6) is 0.618. The van der Waals surface area contributed by atoms with Crippen molar-refractivity contribution in [1.82, 2.24) is 0 Å². The molecule has 2 aliphatic carbocycles. The Hall–Kier alpha value is -1.22. The van der Waals surface area contributed by atoms with Gasteiger partial charge in [-0.3, -0.25) is 0 Å². The summed E-state index contributed by atoms with van der Waals surface area (Å²) in [6.07, 6.45) is 6.31. The number of fused-ring (bicyclic) bond motifs is 1. The van der Waals surface area contributed by atoms with Crippen molar-refractivity contribution in [1.29, 1.82) is 0 Å². The Balaban J connectivity index is 1.96. The Morgan fingerprint density at radius 2 is 1.71 bits per heavy atom. The standard InChI is InChI=1S/C21H32O3/c1-19(2)9-5-10-20(3)17(19)8-11-21(4,24)18(20)13-14-6-7-15(22)16(23)12-14/h6-7,12,17-18,22-24H,5,8-11,13H2,1-4H3/t17-,18+,20-,21+/m0/s1. The minimum atomic E-state index is -0.688.